The normalized spacial score (nSPS) is 55.4. The van der Waals surface area contributed by atoms with Gasteiger partial charge in [-0.3, -0.25) is 0 Å². The fourth-order valence-electron chi connectivity index (χ4n) is 10.4. The second-order valence-electron chi connectivity index (χ2n) is 19.7. The van der Waals surface area contributed by atoms with Crippen LogP contribution in [-0.2, 0) is 66.3 Å². The van der Waals surface area contributed by atoms with Gasteiger partial charge in [-0.25, -0.2) is 0 Å². The fourth-order valence-corrected chi connectivity index (χ4v) is 10.4. The number of ether oxygens (including phenoxy) is 14. The number of hydrogen-bond donors (Lipinski definition) is 21. The van der Waals surface area contributed by atoms with E-state index >= 15 is 0 Å². The molecule has 0 radical (unpaired) electrons. The van der Waals surface area contributed by atoms with Crippen LogP contribution in [0.3, 0.4) is 0 Å². The molecule has 21 rings (SSSR count). The van der Waals surface area contributed by atoms with Gasteiger partial charge in [0, 0.05) is 0 Å². The molecule has 21 fully saturated rings. The number of rotatable bonds is 7. The monoisotopic (exact) mass is 1130 g/mol. The summed E-state index contributed by atoms with van der Waals surface area (Å²) in [4.78, 5) is 0. The molecule has 35 heteroatoms. The molecule has 0 aliphatic carbocycles. The molecule has 0 spiro atoms. The van der Waals surface area contributed by atoms with Crippen LogP contribution < -0.4 is 0 Å². The molecule has 77 heavy (non-hydrogen) atoms. The maximum absolute atomic E-state index is 11.3. The predicted molar refractivity (Wildman–Crippen MR) is 228 cm³/mol. The third kappa shape index (κ3) is 12.1. The largest absolute Gasteiger partial charge is 0.394 e. The summed E-state index contributed by atoms with van der Waals surface area (Å²) < 4.78 is 79.5. The second kappa shape index (κ2) is 26.0. The number of aliphatic hydroxyl groups is 21. The van der Waals surface area contributed by atoms with Gasteiger partial charge in [0.15, 0.2) is 44.0 Å². The lowest BCUT2D eigenvalue weighted by molar-refractivity contribution is -0.396. The zero-order chi connectivity index (χ0) is 56.1. The van der Waals surface area contributed by atoms with E-state index in [1.807, 2.05) is 0 Å². The average molecular weight is 1130 g/mol. The highest BCUT2D eigenvalue weighted by molar-refractivity contribution is 5.01. The zero-order valence-electron chi connectivity index (χ0n) is 40.3. The first-order valence-corrected chi connectivity index (χ1v) is 24.6. The van der Waals surface area contributed by atoms with E-state index in [1.54, 1.807) is 0 Å². The van der Waals surface area contributed by atoms with Gasteiger partial charge >= 0.3 is 0 Å². The van der Waals surface area contributed by atoms with E-state index in [9.17, 15) is 107 Å². The zero-order valence-corrected chi connectivity index (χ0v) is 40.3. The maximum Gasteiger partial charge on any atom is 0.187 e. The highest BCUT2D eigenvalue weighted by Crippen LogP contribution is 2.39. The van der Waals surface area contributed by atoms with Crippen LogP contribution in [0.5, 0.6) is 0 Å². The van der Waals surface area contributed by atoms with Crippen LogP contribution in [0.15, 0.2) is 0 Å². The molecule has 21 N–H and O–H groups in total. The lowest BCUT2D eigenvalue weighted by atomic mass is 9.95. The molecule has 35 atom stereocenters. The Kier molecular flexibility index (Phi) is 20.8. The van der Waals surface area contributed by atoms with Gasteiger partial charge in [-0.1, -0.05) is 0 Å². The van der Waals surface area contributed by atoms with E-state index < -0.39 is 261 Å². The summed E-state index contributed by atoms with van der Waals surface area (Å²) in [6.45, 7) is -7.33. The molecule has 21 aliphatic rings. The molecule has 21 saturated heterocycles. The van der Waals surface area contributed by atoms with Crippen LogP contribution in [-0.4, -0.2) is 368 Å². The molecule has 14 bridgehead atoms. The van der Waals surface area contributed by atoms with Crippen molar-refractivity contribution in [2.45, 2.75) is 215 Å². The molecule has 35 nitrogen and oxygen atoms in total. The molecule has 448 valence electrons. The molecular formula is C42H70O35. The lowest BCUT2D eigenvalue weighted by Crippen LogP contribution is -2.68. The molecular weight excluding hydrogens is 1060 g/mol. The van der Waals surface area contributed by atoms with Gasteiger partial charge in [0.2, 0.25) is 0 Å². The molecule has 0 amide bonds. The summed E-state index contributed by atoms with van der Waals surface area (Å²) in [6, 6.07) is 0. The van der Waals surface area contributed by atoms with Crippen molar-refractivity contribution in [1.29, 1.82) is 0 Å². The molecule has 7 unspecified atom stereocenters. The summed E-state index contributed by atoms with van der Waals surface area (Å²) in [5, 5.41) is 230. The molecule has 0 aromatic carbocycles. The number of hydrogen-bond acceptors (Lipinski definition) is 35. The van der Waals surface area contributed by atoms with Gasteiger partial charge in [0.25, 0.3) is 0 Å². The quantitative estimate of drug-likeness (QED) is 0.113. The first kappa shape index (κ1) is 61.7. The van der Waals surface area contributed by atoms with Gasteiger partial charge in [-0.2, -0.15) is 0 Å². The van der Waals surface area contributed by atoms with Gasteiger partial charge in [0.05, 0.1) is 46.2 Å². The van der Waals surface area contributed by atoms with E-state index in [0.717, 1.165) is 0 Å². The Hall–Kier alpha value is -1.40. The van der Waals surface area contributed by atoms with Crippen molar-refractivity contribution in [3.63, 3.8) is 0 Å². The fraction of sp³-hybridized carbons (Fsp3) is 1.00. The van der Waals surface area contributed by atoms with Crippen molar-refractivity contribution in [2.75, 3.05) is 46.2 Å². The Morgan fingerprint density at radius 3 is 0.351 bits per heavy atom. The topological polar surface area (TPSA) is 554 Å². The minimum atomic E-state index is -2.21. The summed E-state index contributed by atoms with van der Waals surface area (Å²) in [6.07, 6.45) is -70.2. The highest BCUT2D eigenvalue weighted by Gasteiger charge is 2.59. The molecule has 0 aromatic heterocycles. The predicted octanol–water partition coefficient (Wildman–Crippen LogP) is -15.2. The minimum Gasteiger partial charge on any atom is -0.394 e. The van der Waals surface area contributed by atoms with Crippen LogP contribution in [0.2, 0.25) is 0 Å². The Labute approximate surface area is 434 Å². The van der Waals surface area contributed by atoms with E-state index in [0.29, 0.717) is 0 Å². The van der Waals surface area contributed by atoms with E-state index in [1.165, 1.54) is 0 Å². The van der Waals surface area contributed by atoms with Crippen molar-refractivity contribution in [3.8, 4) is 0 Å². The summed E-state index contributed by atoms with van der Waals surface area (Å²) >= 11 is 0. The van der Waals surface area contributed by atoms with Crippen LogP contribution in [0.25, 0.3) is 0 Å². The van der Waals surface area contributed by atoms with Crippen LogP contribution in [0.4, 0.5) is 0 Å². The Morgan fingerprint density at radius 1 is 0.156 bits per heavy atom. The smallest absolute Gasteiger partial charge is 0.187 e. The number of aliphatic hydroxyl groups excluding tert-OH is 21. The molecule has 0 aromatic rings. The van der Waals surface area contributed by atoms with Crippen molar-refractivity contribution in [2.24, 2.45) is 0 Å². The first-order chi connectivity index (χ1) is 36.7. The minimum absolute atomic E-state index is 1.05. The second-order valence-corrected chi connectivity index (χ2v) is 19.7. The van der Waals surface area contributed by atoms with E-state index in [4.69, 9.17) is 66.3 Å². The lowest BCUT2D eigenvalue weighted by Gasteiger charge is -2.50. The van der Waals surface area contributed by atoms with Crippen molar-refractivity contribution < 1.29 is 174 Å². The summed E-state index contributed by atoms with van der Waals surface area (Å²) in [5.41, 5.74) is 0. The first-order valence-electron chi connectivity index (χ1n) is 24.6. The Balaban J connectivity index is 1.08. The van der Waals surface area contributed by atoms with Crippen LogP contribution >= 0.6 is 0 Å². The molecule has 21 aliphatic heterocycles. The summed E-state index contributed by atoms with van der Waals surface area (Å²) in [5.74, 6) is 0. The van der Waals surface area contributed by atoms with Crippen LogP contribution in [0, 0.1) is 0 Å². The standard InChI is InChI=1S/C42H70O35/c43-1-8-29-15(50)22(57)36(64-8)72-30-9(2-44)66-38(24(59)17(30)52)74-32-11(4-46)68-40(26(61)19(32)54)76-34-13(6-48)70-42(28(63)21(34)56)77-35-14(7-49)69-41(27(62)20(35)55)75-33-12(5-47)67-39(25(60)18(33)53)73-31-10(3-45)65-37(71-29)23(58)16(31)51/h8-63H,1-7H2/t8?,9?,10?,11?,12?,13?,14?,15-,16-,17-,18-,19-,20-,21-,22-,23-,24-,25-,26-,27-,28-,29-,30-,31-,32-,33-,34-,35+,36-,37-,38-,39+,40-,41-,42-/m1/s1. The average Bonchev–Trinajstić information content (AvgIpc) is 3.47. The van der Waals surface area contributed by atoms with E-state index in [2.05, 4.69) is 0 Å². The van der Waals surface area contributed by atoms with Crippen molar-refractivity contribution in [3.05, 3.63) is 0 Å². The Morgan fingerprint density at radius 2 is 0.260 bits per heavy atom. The van der Waals surface area contributed by atoms with Crippen LogP contribution in [0.1, 0.15) is 0 Å². The summed E-state index contributed by atoms with van der Waals surface area (Å²) in [7, 11) is 0. The van der Waals surface area contributed by atoms with Crippen molar-refractivity contribution >= 4 is 0 Å². The van der Waals surface area contributed by atoms with E-state index in [-0.39, 0.29) is 0 Å². The van der Waals surface area contributed by atoms with Crippen molar-refractivity contribution in [1.82, 2.24) is 0 Å². The third-order valence-electron chi connectivity index (χ3n) is 14.8. The molecule has 0 saturated carbocycles. The third-order valence-corrected chi connectivity index (χ3v) is 14.8. The molecule has 21 heterocycles. The SMILES string of the molecule is OCC1O[C@@H]2O[C@@H]3C(CO)O[C@H](O[C@@H]4C(CO)O[C@H](O[C@H]5C(CO)O[C@H](O[C@@H]6C(CO)O[C@@H](O[C@@H]7C(CO)O[C@H](O[C@@H]8C(CO)O[C@H](O[C@H]1[C@H](O)[C@H]2O)[C@H](O)[C@H]8O)[C@H](O)[C@H]7O)[C@H](O)[C@H]6O)[C@H](O)[C@H]5O)[C@H](O)[C@H]4O)[C@H](O)[C@H]3O. The van der Waals surface area contributed by atoms with Gasteiger partial charge in [0.1, 0.15) is 171 Å². The maximum atomic E-state index is 11.3. The van der Waals surface area contributed by atoms with Gasteiger partial charge in [-0.15, -0.1) is 0 Å². The van der Waals surface area contributed by atoms with Gasteiger partial charge in [-0.05, 0) is 0 Å². The Bertz CT molecular complexity index is 1470. The van der Waals surface area contributed by atoms with Gasteiger partial charge < -0.3 is 174 Å². The highest BCUT2D eigenvalue weighted by atomic mass is 16.8.